The molecule has 1 aromatic heterocycles. The summed E-state index contributed by atoms with van der Waals surface area (Å²) in [4.78, 5) is 0. The number of anilines is 1. The van der Waals surface area contributed by atoms with Gasteiger partial charge in [-0.15, -0.1) is 0 Å². The van der Waals surface area contributed by atoms with E-state index in [0.717, 1.165) is 11.3 Å². The minimum Gasteiger partial charge on any atom is -0.384 e. The number of nitrogens with zero attached hydrogens (tertiary/aromatic N) is 2. The lowest BCUT2D eigenvalue weighted by Crippen LogP contribution is -1.96. The number of benzene rings is 1. The number of hydrogen-bond donors (Lipinski definition) is 1. The van der Waals surface area contributed by atoms with Crippen molar-refractivity contribution in [2.45, 2.75) is 0 Å². The fourth-order valence-electron chi connectivity index (χ4n) is 1.28. The summed E-state index contributed by atoms with van der Waals surface area (Å²) in [5.41, 5.74) is 7.22. The smallest absolute Gasteiger partial charge is 0.137 e. The monoisotopic (exact) mass is 269 g/mol. The molecule has 0 fully saturated rings. The van der Waals surface area contributed by atoms with Gasteiger partial charge < -0.3 is 5.73 Å². The summed E-state index contributed by atoms with van der Waals surface area (Å²) in [5.74, 6) is 0.285. The lowest BCUT2D eigenvalue weighted by atomic mass is 10.1. The van der Waals surface area contributed by atoms with Crippen LogP contribution in [0.2, 0.25) is 0 Å². The van der Waals surface area contributed by atoms with Gasteiger partial charge in [0, 0.05) is 18.7 Å². The van der Waals surface area contributed by atoms with E-state index in [2.05, 4.69) is 21.0 Å². The van der Waals surface area contributed by atoms with Crippen LogP contribution in [0.25, 0.3) is 11.3 Å². The van der Waals surface area contributed by atoms with Crippen LogP contribution >= 0.6 is 15.9 Å². The van der Waals surface area contributed by atoms with Crippen LogP contribution in [0.4, 0.5) is 10.2 Å². The Bertz CT molecular complexity index is 488. The third kappa shape index (κ3) is 1.87. The normalized spacial score (nSPS) is 10.6. The molecular formula is C10H9BrFN3. The molecule has 15 heavy (non-hydrogen) atoms. The average Bonchev–Trinajstić information content (AvgIpc) is 2.52. The number of hydrogen-bond acceptors (Lipinski definition) is 2. The fourth-order valence-corrected chi connectivity index (χ4v) is 1.66. The molecular weight excluding hydrogens is 261 g/mol. The van der Waals surface area contributed by atoms with Gasteiger partial charge in [0.25, 0.3) is 0 Å². The van der Waals surface area contributed by atoms with Crippen molar-refractivity contribution in [1.82, 2.24) is 9.78 Å². The second kappa shape index (κ2) is 3.66. The summed E-state index contributed by atoms with van der Waals surface area (Å²) >= 11 is 3.13. The Morgan fingerprint density at radius 1 is 1.40 bits per heavy atom. The molecule has 0 unspecified atom stereocenters. The maximum absolute atomic E-state index is 13.0. The molecule has 0 aliphatic carbocycles. The highest BCUT2D eigenvalue weighted by atomic mass is 79.9. The number of nitrogens with two attached hydrogens (primary N) is 1. The zero-order valence-corrected chi connectivity index (χ0v) is 9.62. The summed E-state index contributed by atoms with van der Waals surface area (Å²) in [6, 6.07) is 6.49. The first kappa shape index (κ1) is 10.2. The number of aromatic nitrogens is 2. The first-order chi connectivity index (χ1) is 7.08. The molecule has 0 spiro atoms. The maximum atomic E-state index is 13.0. The lowest BCUT2D eigenvalue weighted by molar-refractivity contribution is 0.621. The summed E-state index contributed by atoms with van der Waals surface area (Å²) in [7, 11) is 1.76. The lowest BCUT2D eigenvalue weighted by Gasteiger charge is -1.98. The Morgan fingerprint density at radius 2 is 2.13 bits per heavy atom. The Labute approximate surface area is 94.8 Å². The van der Waals surface area contributed by atoms with Gasteiger partial charge in [0.05, 0.1) is 10.2 Å². The molecule has 3 nitrogen and oxygen atoms in total. The highest BCUT2D eigenvalue weighted by Crippen LogP contribution is 2.25. The summed E-state index contributed by atoms with van der Waals surface area (Å²) in [5, 5.41) is 4.20. The van der Waals surface area contributed by atoms with Crippen LogP contribution < -0.4 is 5.73 Å². The van der Waals surface area contributed by atoms with Crippen LogP contribution in [-0.4, -0.2) is 9.78 Å². The Kier molecular flexibility index (Phi) is 2.48. The third-order valence-corrected chi connectivity index (χ3v) is 2.74. The van der Waals surface area contributed by atoms with E-state index in [9.17, 15) is 4.39 Å². The van der Waals surface area contributed by atoms with Crippen molar-refractivity contribution in [2.24, 2.45) is 7.05 Å². The highest BCUT2D eigenvalue weighted by Gasteiger charge is 2.07. The standard InChI is InChI=1S/C10H9BrFN3/c1-15-10(13)5-9(14-15)6-2-3-8(12)7(11)4-6/h2-5H,13H2,1H3. The number of rotatable bonds is 1. The molecule has 0 radical (unpaired) electrons. The molecule has 0 bridgehead atoms. The Balaban J connectivity index is 2.49. The van der Waals surface area contributed by atoms with E-state index in [1.54, 1.807) is 29.9 Å². The average molecular weight is 270 g/mol. The van der Waals surface area contributed by atoms with Gasteiger partial charge in [0.2, 0.25) is 0 Å². The summed E-state index contributed by atoms with van der Waals surface area (Å²) < 4.78 is 15.0. The van der Waals surface area contributed by atoms with Crippen LogP contribution in [0.1, 0.15) is 0 Å². The van der Waals surface area contributed by atoms with Crippen molar-refractivity contribution in [1.29, 1.82) is 0 Å². The largest absolute Gasteiger partial charge is 0.384 e. The molecule has 2 aromatic rings. The van der Waals surface area contributed by atoms with Gasteiger partial charge in [0.1, 0.15) is 11.6 Å². The minimum absolute atomic E-state index is 0.289. The van der Waals surface area contributed by atoms with Crippen LogP contribution in [-0.2, 0) is 7.05 Å². The summed E-state index contributed by atoms with van der Waals surface area (Å²) in [6.07, 6.45) is 0. The van der Waals surface area contributed by atoms with Crippen molar-refractivity contribution in [3.8, 4) is 11.3 Å². The SMILES string of the molecule is Cn1nc(-c2ccc(F)c(Br)c2)cc1N. The van der Waals surface area contributed by atoms with E-state index >= 15 is 0 Å². The zero-order chi connectivity index (χ0) is 11.0. The van der Waals surface area contributed by atoms with Gasteiger partial charge in [-0.2, -0.15) is 5.10 Å². The maximum Gasteiger partial charge on any atom is 0.137 e. The van der Waals surface area contributed by atoms with E-state index in [-0.39, 0.29) is 5.82 Å². The topological polar surface area (TPSA) is 43.8 Å². The molecule has 0 aliphatic heterocycles. The second-order valence-electron chi connectivity index (χ2n) is 3.21. The number of halogens is 2. The molecule has 0 amide bonds. The number of aryl methyl sites for hydroxylation is 1. The highest BCUT2D eigenvalue weighted by molar-refractivity contribution is 9.10. The fraction of sp³-hybridized carbons (Fsp3) is 0.100. The van der Waals surface area contributed by atoms with Gasteiger partial charge >= 0.3 is 0 Å². The van der Waals surface area contributed by atoms with Crippen LogP contribution in [0.5, 0.6) is 0 Å². The van der Waals surface area contributed by atoms with Gasteiger partial charge in [-0.1, -0.05) is 0 Å². The van der Waals surface area contributed by atoms with E-state index < -0.39 is 0 Å². The second-order valence-corrected chi connectivity index (χ2v) is 4.06. The molecule has 1 aromatic carbocycles. The quantitative estimate of drug-likeness (QED) is 0.865. The van der Waals surface area contributed by atoms with Gasteiger partial charge in [-0.3, -0.25) is 4.68 Å². The molecule has 0 aliphatic rings. The zero-order valence-electron chi connectivity index (χ0n) is 8.04. The molecule has 2 N–H and O–H groups in total. The Morgan fingerprint density at radius 3 is 2.67 bits per heavy atom. The van der Waals surface area contributed by atoms with Crippen LogP contribution in [0, 0.1) is 5.82 Å². The Hall–Kier alpha value is -1.36. The molecule has 0 atom stereocenters. The van der Waals surface area contributed by atoms with Crippen molar-refractivity contribution < 1.29 is 4.39 Å². The predicted molar refractivity (Wildman–Crippen MR) is 60.7 cm³/mol. The minimum atomic E-state index is -0.289. The van der Waals surface area contributed by atoms with E-state index in [1.165, 1.54) is 6.07 Å². The molecule has 0 saturated heterocycles. The summed E-state index contributed by atoms with van der Waals surface area (Å²) in [6.45, 7) is 0. The number of nitrogen functional groups attached to an aromatic ring is 1. The van der Waals surface area contributed by atoms with Crippen LogP contribution in [0.3, 0.4) is 0 Å². The van der Waals surface area contributed by atoms with Crippen molar-refractivity contribution >= 4 is 21.7 Å². The predicted octanol–water partition coefficient (Wildman–Crippen LogP) is 2.57. The molecule has 1 heterocycles. The third-order valence-electron chi connectivity index (χ3n) is 2.13. The van der Waals surface area contributed by atoms with Gasteiger partial charge in [-0.25, -0.2) is 4.39 Å². The van der Waals surface area contributed by atoms with Crippen molar-refractivity contribution in [2.75, 3.05) is 5.73 Å². The molecule has 5 heteroatoms. The molecule has 2 rings (SSSR count). The van der Waals surface area contributed by atoms with E-state index in [1.807, 2.05) is 0 Å². The molecule has 0 saturated carbocycles. The van der Waals surface area contributed by atoms with E-state index in [4.69, 9.17) is 5.73 Å². The van der Waals surface area contributed by atoms with E-state index in [0.29, 0.717) is 10.3 Å². The van der Waals surface area contributed by atoms with Crippen molar-refractivity contribution in [3.05, 3.63) is 34.6 Å². The van der Waals surface area contributed by atoms with Gasteiger partial charge in [0.15, 0.2) is 0 Å². The molecule has 78 valence electrons. The van der Waals surface area contributed by atoms with Crippen LogP contribution in [0.15, 0.2) is 28.7 Å². The van der Waals surface area contributed by atoms with Gasteiger partial charge in [-0.05, 0) is 34.1 Å². The first-order valence-corrected chi connectivity index (χ1v) is 5.12. The first-order valence-electron chi connectivity index (χ1n) is 4.33. The van der Waals surface area contributed by atoms with Crippen molar-refractivity contribution in [3.63, 3.8) is 0 Å².